The number of rotatable bonds is 5. The smallest absolute Gasteiger partial charge is 0.243 e. The Morgan fingerprint density at radius 2 is 2.00 bits per heavy atom. The van der Waals surface area contributed by atoms with Crippen molar-refractivity contribution < 1.29 is 17.9 Å². The molecule has 2 rings (SSSR count). The van der Waals surface area contributed by atoms with Crippen LogP contribution in [0.1, 0.15) is 36.5 Å². The Balaban J connectivity index is 2.28. The van der Waals surface area contributed by atoms with E-state index in [9.17, 15) is 13.2 Å². The summed E-state index contributed by atoms with van der Waals surface area (Å²) < 4.78 is 32.0. The van der Waals surface area contributed by atoms with Crippen molar-refractivity contribution in [2.75, 3.05) is 20.3 Å². The quantitative estimate of drug-likeness (QED) is 0.781. The first kappa shape index (κ1) is 16.1. The van der Waals surface area contributed by atoms with Crippen LogP contribution in [0.3, 0.4) is 0 Å². The molecule has 0 bridgehead atoms. The first-order valence-electron chi connectivity index (χ1n) is 7.16. The molecule has 116 valence electrons. The number of sulfonamides is 1. The van der Waals surface area contributed by atoms with Crippen LogP contribution in [0.2, 0.25) is 0 Å². The fraction of sp³-hybridized carbons (Fsp3) is 0.533. The lowest BCUT2D eigenvalue weighted by Gasteiger charge is -2.30. The van der Waals surface area contributed by atoms with Crippen LogP contribution in [0.5, 0.6) is 0 Å². The fourth-order valence-electron chi connectivity index (χ4n) is 2.45. The van der Waals surface area contributed by atoms with Crippen molar-refractivity contribution in [2.24, 2.45) is 0 Å². The van der Waals surface area contributed by atoms with Gasteiger partial charge in [-0.1, -0.05) is 19.1 Å². The molecule has 0 unspecified atom stereocenters. The number of ether oxygens (including phenoxy) is 1. The van der Waals surface area contributed by atoms with Gasteiger partial charge < -0.3 is 4.74 Å². The van der Waals surface area contributed by atoms with E-state index in [2.05, 4.69) is 0 Å². The monoisotopic (exact) mass is 311 g/mol. The van der Waals surface area contributed by atoms with Crippen LogP contribution in [0.15, 0.2) is 29.2 Å². The SMILES string of the molecule is CCC(=O)c1cccc(S(=O)(=O)N(C)C2CCOCC2)c1. The van der Waals surface area contributed by atoms with Gasteiger partial charge in [0.25, 0.3) is 0 Å². The Bertz CT molecular complexity index is 606. The predicted octanol–water partition coefficient (Wildman–Crippen LogP) is 2.08. The van der Waals surface area contributed by atoms with Crippen LogP contribution in [-0.4, -0.2) is 44.8 Å². The second-order valence-corrected chi connectivity index (χ2v) is 7.17. The van der Waals surface area contributed by atoms with Crippen LogP contribution in [0.4, 0.5) is 0 Å². The van der Waals surface area contributed by atoms with Crippen molar-refractivity contribution in [3.05, 3.63) is 29.8 Å². The summed E-state index contributed by atoms with van der Waals surface area (Å²) in [5.41, 5.74) is 0.443. The zero-order chi connectivity index (χ0) is 15.5. The first-order valence-corrected chi connectivity index (χ1v) is 8.60. The van der Waals surface area contributed by atoms with Crippen molar-refractivity contribution in [1.29, 1.82) is 0 Å². The van der Waals surface area contributed by atoms with Crippen LogP contribution in [-0.2, 0) is 14.8 Å². The normalized spacial score (nSPS) is 17.1. The molecular formula is C15H21NO4S. The van der Waals surface area contributed by atoms with Crippen molar-refractivity contribution in [1.82, 2.24) is 4.31 Å². The van der Waals surface area contributed by atoms with Gasteiger partial charge in [0.15, 0.2) is 5.78 Å². The molecule has 1 aliphatic heterocycles. The van der Waals surface area contributed by atoms with Crippen molar-refractivity contribution in [3.8, 4) is 0 Å². The van der Waals surface area contributed by atoms with E-state index in [1.807, 2.05) is 0 Å². The molecule has 0 N–H and O–H groups in total. The van der Waals surface area contributed by atoms with Gasteiger partial charge in [0.1, 0.15) is 0 Å². The summed E-state index contributed by atoms with van der Waals surface area (Å²) in [6.07, 6.45) is 1.76. The number of carbonyl (C=O) groups excluding carboxylic acids is 1. The molecule has 0 aromatic heterocycles. The number of nitrogens with zero attached hydrogens (tertiary/aromatic N) is 1. The minimum atomic E-state index is -3.58. The maximum absolute atomic E-state index is 12.7. The topological polar surface area (TPSA) is 63.7 Å². The number of Topliss-reactive ketones (excluding diaryl/α,β-unsaturated/α-hetero) is 1. The van der Waals surface area contributed by atoms with E-state index in [4.69, 9.17) is 4.74 Å². The van der Waals surface area contributed by atoms with Gasteiger partial charge in [-0.15, -0.1) is 0 Å². The maximum atomic E-state index is 12.7. The fourth-order valence-corrected chi connectivity index (χ4v) is 3.91. The number of ketones is 1. The average Bonchev–Trinajstić information content (AvgIpc) is 2.54. The largest absolute Gasteiger partial charge is 0.381 e. The number of hydrogen-bond acceptors (Lipinski definition) is 4. The third kappa shape index (κ3) is 3.51. The van der Waals surface area contributed by atoms with Crippen molar-refractivity contribution >= 4 is 15.8 Å². The van der Waals surface area contributed by atoms with Gasteiger partial charge in [-0.2, -0.15) is 4.31 Å². The van der Waals surface area contributed by atoms with E-state index in [0.717, 1.165) is 0 Å². The molecule has 21 heavy (non-hydrogen) atoms. The standard InChI is InChI=1S/C15H21NO4S/c1-3-15(17)12-5-4-6-14(11-12)21(18,19)16(2)13-7-9-20-10-8-13/h4-6,11,13H,3,7-10H2,1-2H3. The third-order valence-electron chi connectivity index (χ3n) is 3.86. The van der Waals surface area contributed by atoms with E-state index >= 15 is 0 Å². The maximum Gasteiger partial charge on any atom is 0.243 e. The molecule has 1 heterocycles. The van der Waals surface area contributed by atoms with Crippen LogP contribution in [0, 0.1) is 0 Å². The van der Waals surface area contributed by atoms with Crippen molar-refractivity contribution in [3.63, 3.8) is 0 Å². The highest BCUT2D eigenvalue weighted by Crippen LogP contribution is 2.22. The highest BCUT2D eigenvalue weighted by atomic mass is 32.2. The minimum absolute atomic E-state index is 0.0470. The minimum Gasteiger partial charge on any atom is -0.381 e. The third-order valence-corrected chi connectivity index (χ3v) is 5.77. The Labute approximate surface area is 126 Å². The molecule has 1 saturated heterocycles. The van der Waals surface area contributed by atoms with Crippen molar-refractivity contribution in [2.45, 2.75) is 37.1 Å². The molecule has 0 aliphatic carbocycles. The summed E-state index contributed by atoms with van der Waals surface area (Å²) >= 11 is 0. The summed E-state index contributed by atoms with van der Waals surface area (Å²) in [5.74, 6) is -0.0548. The van der Waals surface area contributed by atoms with Gasteiger partial charge in [-0.25, -0.2) is 8.42 Å². The Kier molecular flexibility index (Phi) is 5.13. The molecule has 5 nitrogen and oxygen atoms in total. The van der Waals surface area contributed by atoms with E-state index in [-0.39, 0.29) is 16.7 Å². The molecule has 1 aliphatic rings. The summed E-state index contributed by atoms with van der Waals surface area (Å²) in [6.45, 7) is 2.93. The predicted molar refractivity (Wildman–Crippen MR) is 79.9 cm³/mol. The van der Waals surface area contributed by atoms with Crippen LogP contribution < -0.4 is 0 Å². The molecule has 0 amide bonds. The summed E-state index contributed by atoms with van der Waals surface area (Å²) in [6, 6.07) is 6.23. The molecule has 6 heteroatoms. The molecular weight excluding hydrogens is 290 g/mol. The summed E-state index contributed by atoms with van der Waals surface area (Å²) in [5, 5.41) is 0. The van der Waals surface area contributed by atoms with Crippen LogP contribution in [0.25, 0.3) is 0 Å². The lowest BCUT2D eigenvalue weighted by molar-refractivity contribution is 0.0632. The molecule has 1 fully saturated rings. The zero-order valence-corrected chi connectivity index (χ0v) is 13.2. The first-order chi connectivity index (χ1) is 9.96. The van der Waals surface area contributed by atoms with E-state index in [1.54, 1.807) is 26.1 Å². The summed E-state index contributed by atoms with van der Waals surface area (Å²) in [4.78, 5) is 11.9. The highest BCUT2D eigenvalue weighted by molar-refractivity contribution is 7.89. The molecule has 0 saturated carbocycles. The van der Waals surface area contributed by atoms with Gasteiger partial charge in [0.2, 0.25) is 10.0 Å². The molecule has 0 atom stereocenters. The second-order valence-electron chi connectivity index (χ2n) is 5.17. The Hall–Kier alpha value is -1.24. The number of hydrogen-bond donors (Lipinski definition) is 0. The summed E-state index contributed by atoms with van der Waals surface area (Å²) in [7, 11) is -1.98. The zero-order valence-electron chi connectivity index (χ0n) is 12.4. The molecule has 0 spiro atoms. The lowest BCUT2D eigenvalue weighted by atomic mass is 10.1. The molecule has 1 aromatic carbocycles. The van der Waals surface area contributed by atoms with Gasteiger partial charge >= 0.3 is 0 Å². The van der Waals surface area contributed by atoms with Gasteiger partial charge in [-0.05, 0) is 25.0 Å². The van der Waals surface area contributed by atoms with E-state index in [1.165, 1.54) is 16.4 Å². The second kappa shape index (κ2) is 6.68. The lowest BCUT2D eigenvalue weighted by Crippen LogP contribution is -2.40. The van der Waals surface area contributed by atoms with Gasteiger partial charge in [0.05, 0.1) is 4.90 Å². The number of benzene rings is 1. The molecule has 1 aromatic rings. The average molecular weight is 311 g/mol. The van der Waals surface area contributed by atoms with Crippen LogP contribution >= 0.6 is 0 Å². The number of carbonyl (C=O) groups is 1. The van der Waals surface area contributed by atoms with E-state index < -0.39 is 10.0 Å². The Morgan fingerprint density at radius 1 is 1.33 bits per heavy atom. The molecule has 0 radical (unpaired) electrons. The highest BCUT2D eigenvalue weighted by Gasteiger charge is 2.29. The van der Waals surface area contributed by atoms with Gasteiger partial charge in [-0.3, -0.25) is 4.79 Å². The Morgan fingerprint density at radius 3 is 2.62 bits per heavy atom. The van der Waals surface area contributed by atoms with E-state index in [0.29, 0.717) is 38.0 Å². The van der Waals surface area contributed by atoms with Gasteiger partial charge in [0, 0.05) is 38.3 Å².